The summed E-state index contributed by atoms with van der Waals surface area (Å²) < 4.78 is 11.0. The zero-order valence-electron chi connectivity index (χ0n) is 18.1. The van der Waals surface area contributed by atoms with Crippen LogP contribution in [-0.2, 0) is 16.0 Å². The molecule has 0 spiro atoms. The Balaban J connectivity index is 1.46. The Labute approximate surface area is 190 Å². The molecule has 3 aliphatic rings. The van der Waals surface area contributed by atoms with E-state index in [2.05, 4.69) is 34.0 Å². The molecule has 4 N–H and O–H groups in total. The van der Waals surface area contributed by atoms with Crippen LogP contribution in [0.15, 0.2) is 36.5 Å². The Kier molecular flexibility index (Phi) is 5.71. The molecule has 10 heteroatoms. The van der Waals surface area contributed by atoms with Crippen molar-refractivity contribution in [2.24, 2.45) is 0 Å². The van der Waals surface area contributed by atoms with Crippen LogP contribution < -0.4 is 9.64 Å². The number of nitrogens with zero attached hydrogens (tertiary/aromatic N) is 3. The number of aromatic nitrogens is 1. The van der Waals surface area contributed by atoms with E-state index in [1.54, 1.807) is 0 Å². The predicted octanol–water partition coefficient (Wildman–Crippen LogP) is -0.250. The number of piperazine rings is 1. The number of rotatable bonds is 3. The maximum Gasteiger partial charge on any atom is 0.335 e. The van der Waals surface area contributed by atoms with Gasteiger partial charge in [0.2, 0.25) is 6.29 Å². The monoisotopic (exact) mass is 457 g/mol. The van der Waals surface area contributed by atoms with Crippen LogP contribution in [0.3, 0.4) is 0 Å². The Morgan fingerprint density at radius 1 is 1.12 bits per heavy atom. The lowest BCUT2D eigenvalue weighted by Gasteiger charge is -2.41. The molecular weight excluding hydrogens is 430 g/mol. The highest BCUT2D eigenvalue weighted by Crippen LogP contribution is 2.39. The van der Waals surface area contributed by atoms with E-state index in [0.29, 0.717) is 6.42 Å². The van der Waals surface area contributed by atoms with Gasteiger partial charge in [0, 0.05) is 31.6 Å². The number of aliphatic carboxylic acids is 1. The molecule has 2 fully saturated rings. The SMILES string of the molecule is CN1CCN2c3ncc(O[C@@H]4O[C@H](C(=O)O)[C@@H](O)[C@H](O)[C@H]4O)cc3Cc3ccccc3C2C1. The average molecular weight is 457 g/mol. The van der Waals surface area contributed by atoms with Gasteiger partial charge in [-0.3, -0.25) is 0 Å². The van der Waals surface area contributed by atoms with Gasteiger partial charge in [-0.15, -0.1) is 0 Å². The molecule has 0 aliphatic carbocycles. The van der Waals surface area contributed by atoms with E-state index in [-0.39, 0.29) is 11.8 Å². The summed E-state index contributed by atoms with van der Waals surface area (Å²) in [6.45, 7) is 2.62. The molecule has 1 unspecified atom stereocenters. The standard InChI is InChI=1S/C23H27N3O7/c1-25-6-7-26-16(11-25)15-5-3-2-4-12(15)8-13-9-14(10-24-21(13)26)32-23-19(29)17(27)18(28)20(33-23)22(30)31/h2-5,9-10,16-20,23,27-29H,6-8,11H2,1H3,(H,30,31)/t16?,17-,18-,19+,20-,23+/m0/s1. The molecule has 3 aliphatic heterocycles. The Bertz CT molecular complexity index is 1050. The van der Waals surface area contributed by atoms with Gasteiger partial charge in [-0.1, -0.05) is 24.3 Å². The summed E-state index contributed by atoms with van der Waals surface area (Å²) in [5.74, 6) is -0.323. The molecule has 10 nitrogen and oxygen atoms in total. The van der Waals surface area contributed by atoms with Crippen LogP contribution in [0.25, 0.3) is 0 Å². The van der Waals surface area contributed by atoms with Crippen molar-refractivity contribution in [1.82, 2.24) is 9.88 Å². The number of likely N-dealkylation sites (N-methyl/N-ethyl adjacent to an activating group) is 1. The van der Waals surface area contributed by atoms with Gasteiger partial charge in [-0.2, -0.15) is 0 Å². The van der Waals surface area contributed by atoms with E-state index < -0.39 is 36.7 Å². The second-order valence-electron chi connectivity index (χ2n) is 8.85. The van der Waals surface area contributed by atoms with Gasteiger partial charge in [0.25, 0.3) is 0 Å². The van der Waals surface area contributed by atoms with Crippen LogP contribution in [0.2, 0.25) is 0 Å². The maximum atomic E-state index is 11.4. The number of ether oxygens (including phenoxy) is 2. The van der Waals surface area contributed by atoms with E-state index >= 15 is 0 Å². The summed E-state index contributed by atoms with van der Waals surface area (Å²) >= 11 is 0. The number of carboxylic acids is 1. The zero-order valence-corrected chi connectivity index (χ0v) is 18.1. The first kappa shape index (κ1) is 22.1. The topological polar surface area (TPSA) is 136 Å². The van der Waals surface area contributed by atoms with E-state index in [0.717, 1.165) is 31.0 Å². The number of anilines is 1. The largest absolute Gasteiger partial charge is 0.479 e. The first-order chi connectivity index (χ1) is 15.8. The van der Waals surface area contributed by atoms with Crippen LogP contribution in [0.4, 0.5) is 5.82 Å². The highest BCUT2D eigenvalue weighted by molar-refractivity contribution is 5.73. The maximum absolute atomic E-state index is 11.4. The van der Waals surface area contributed by atoms with Crippen molar-refractivity contribution < 1.29 is 34.7 Å². The third-order valence-corrected chi connectivity index (χ3v) is 6.63. The number of fused-ring (bicyclic) bond motifs is 5. The average Bonchev–Trinajstić information content (AvgIpc) is 2.93. The predicted molar refractivity (Wildman–Crippen MR) is 116 cm³/mol. The Hall–Kier alpha value is -2.76. The lowest BCUT2D eigenvalue weighted by Crippen LogP contribution is -2.61. The lowest BCUT2D eigenvalue weighted by molar-refractivity contribution is -0.271. The number of carbonyl (C=O) groups is 1. The van der Waals surface area contributed by atoms with E-state index in [4.69, 9.17) is 9.47 Å². The number of carboxylic acid groups (broad SMARTS) is 1. The number of hydrogen-bond donors (Lipinski definition) is 4. The minimum atomic E-state index is -1.77. The molecule has 1 aromatic heterocycles. The summed E-state index contributed by atoms with van der Waals surface area (Å²) in [7, 11) is 2.11. The smallest absolute Gasteiger partial charge is 0.335 e. The van der Waals surface area contributed by atoms with Crippen LogP contribution in [0, 0.1) is 0 Å². The Morgan fingerprint density at radius 2 is 1.91 bits per heavy atom. The third-order valence-electron chi connectivity index (χ3n) is 6.63. The van der Waals surface area contributed by atoms with Crippen molar-refractivity contribution in [1.29, 1.82) is 0 Å². The van der Waals surface area contributed by atoms with Gasteiger partial charge in [0.15, 0.2) is 6.10 Å². The molecule has 2 saturated heterocycles. The fourth-order valence-corrected chi connectivity index (χ4v) is 4.88. The molecule has 0 radical (unpaired) electrons. The van der Waals surface area contributed by atoms with Crippen molar-refractivity contribution in [3.63, 3.8) is 0 Å². The van der Waals surface area contributed by atoms with Gasteiger partial charge in [0.05, 0.1) is 12.2 Å². The second-order valence-corrected chi connectivity index (χ2v) is 8.85. The molecule has 4 heterocycles. The van der Waals surface area contributed by atoms with E-state index in [1.165, 1.54) is 17.3 Å². The van der Waals surface area contributed by atoms with Crippen LogP contribution in [-0.4, -0.2) is 93.7 Å². The normalized spacial score (nSPS) is 31.7. The third kappa shape index (κ3) is 3.94. The molecule has 6 atom stereocenters. The number of benzene rings is 1. The van der Waals surface area contributed by atoms with Gasteiger partial charge >= 0.3 is 5.97 Å². The molecule has 1 aromatic carbocycles. The van der Waals surface area contributed by atoms with Gasteiger partial charge < -0.3 is 39.7 Å². The molecule has 2 aromatic rings. The molecule has 33 heavy (non-hydrogen) atoms. The molecule has 0 bridgehead atoms. The van der Waals surface area contributed by atoms with Crippen molar-refractivity contribution in [3.8, 4) is 5.75 Å². The number of aliphatic hydroxyl groups excluding tert-OH is 3. The quantitative estimate of drug-likeness (QED) is 0.489. The van der Waals surface area contributed by atoms with Crippen LogP contribution in [0.1, 0.15) is 22.7 Å². The summed E-state index contributed by atoms with van der Waals surface area (Å²) in [4.78, 5) is 20.6. The van der Waals surface area contributed by atoms with Gasteiger partial charge in [-0.25, -0.2) is 9.78 Å². The van der Waals surface area contributed by atoms with Crippen molar-refractivity contribution >= 4 is 11.8 Å². The minimum absolute atomic E-state index is 0.178. The highest BCUT2D eigenvalue weighted by Gasteiger charge is 2.48. The van der Waals surface area contributed by atoms with Gasteiger partial charge in [0.1, 0.15) is 29.9 Å². The minimum Gasteiger partial charge on any atom is -0.479 e. The van der Waals surface area contributed by atoms with Crippen LogP contribution in [0.5, 0.6) is 5.75 Å². The number of hydrogen-bond acceptors (Lipinski definition) is 9. The number of pyridine rings is 1. The molecular formula is C23H27N3O7. The van der Waals surface area contributed by atoms with Crippen LogP contribution >= 0.6 is 0 Å². The van der Waals surface area contributed by atoms with Crippen molar-refractivity contribution in [3.05, 3.63) is 53.2 Å². The molecule has 5 rings (SSSR count). The molecule has 0 amide bonds. The molecule has 176 valence electrons. The Morgan fingerprint density at radius 3 is 2.70 bits per heavy atom. The van der Waals surface area contributed by atoms with E-state index in [1.807, 2.05) is 18.2 Å². The van der Waals surface area contributed by atoms with Crippen molar-refractivity contribution in [2.45, 2.75) is 43.2 Å². The number of aliphatic hydroxyl groups is 3. The van der Waals surface area contributed by atoms with E-state index in [9.17, 15) is 25.2 Å². The summed E-state index contributed by atoms with van der Waals surface area (Å²) in [5, 5.41) is 39.5. The fourth-order valence-electron chi connectivity index (χ4n) is 4.88. The second kappa shape index (κ2) is 8.54. The van der Waals surface area contributed by atoms with Crippen molar-refractivity contribution in [2.75, 3.05) is 31.6 Å². The molecule has 0 saturated carbocycles. The lowest BCUT2D eigenvalue weighted by atomic mass is 9.96. The first-order valence-electron chi connectivity index (χ1n) is 10.9. The highest BCUT2D eigenvalue weighted by atomic mass is 16.7. The first-order valence-corrected chi connectivity index (χ1v) is 10.9. The summed E-state index contributed by atoms with van der Waals surface area (Å²) in [6.07, 6.45) is -6.17. The fraction of sp³-hybridized carbons (Fsp3) is 0.478. The zero-order chi connectivity index (χ0) is 23.3. The summed E-state index contributed by atoms with van der Waals surface area (Å²) in [5.41, 5.74) is 3.39. The summed E-state index contributed by atoms with van der Waals surface area (Å²) in [6, 6.07) is 10.3. The van der Waals surface area contributed by atoms with Gasteiger partial charge in [-0.05, 0) is 24.2 Å².